The highest BCUT2D eigenvalue weighted by Gasteiger charge is 2.37. The van der Waals surface area contributed by atoms with Crippen molar-refractivity contribution in [3.05, 3.63) is 58.6 Å². The minimum absolute atomic E-state index is 0.100. The van der Waals surface area contributed by atoms with Crippen molar-refractivity contribution >= 4 is 39.2 Å². The summed E-state index contributed by atoms with van der Waals surface area (Å²) in [5, 5.41) is 2.38. The standard InChI is InChI=1S/C16H14ClF3N2O4S/c1-22(2,27(24,25)26)14-7-6-11(17)9-13(14)15(23)21-12-5-3-4-10(8-12)16(18,19)20/h3-9H,1-2H3,(H-,21,23,24,25,26)/p+1. The number of benzene rings is 2. The number of carbonyl (C=O) groups is 1. The molecule has 0 aliphatic heterocycles. The summed E-state index contributed by atoms with van der Waals surface area (Å²) in [4.78, 5) is 12.6. The zero-order valence-electron chi connectivity index (χ0n) is 14.1. The summed E-state index contributed by atoms with van der Waals surface area (Å²) < 4.78 is 70.1. The molecule has 0 aliphatic rings. The monoisotopic (exact) mass is 423 g/mol. The fourth-order valence-electron chi connectivity index (χ4n) is 2.26. The fourth-order valence-corrected chi connectivity index (χ4v) is 2.84. The van der Waals surface area contributed by atoms with Crippen molar-refractivity contribution in [1.29, 1.82) is 0 Å². The number of anilines is 1. The van der Waals surface area contributed by atoms with Gasteiger partial charge in [0.05, 0.1) is 19.7 Å². The average Bonchev–Trinajstić information content (AvgIpc) is 2.53. The molecule has 0 spiro atoms. The summed E-state index contributed by atoms with van der Waals surface area (Å²) in [6.45, 7) is 0. The van der Waals surface area contributed by atoms with Crippen LogP contribution in [0.3, 0.4) is 0 Å². The van der Waals surface area contributed by atoms with E-state index in [1.54, 1.807) is 0 Å². The van der Waals surface area contributed by atoms with Gasteiger partial charge in [-0.2, -0.15) is 17.1 Å². The highest BCUT2D eigenvalue weighted by atomic mass is 35.5. The van der Waals surface area contributed by atoms with E-state index in [0.717, 1.165) is 38.4 Å². The number of alkyl halides is 3. The van der Waals surface area contributed by atoms with Gasteiger partial charge < -0.3 is 5.32 Å². The van der Waals surface area contributed by atoms with Crippen molar-refractivity contribution in [3.63, 3.8) is 0 Å². The van der Waals surface area contributed by atoms with Crippen LogP contribution in [0.1, 0.15) is 15.9 Å². The Labute approximate surface area is 158 Å². The maximum atomic E-state index is 12.8. The van der Waals surface area contributed by atoms with Crippen LogP contribution in [0.4, 0.5) is 24.5 Å². The molecule has 0 bridgehead atoms. The number of hydrogen-bond acceptors (Lipinski definition) is 3. The molecule has 11 heteroatoms. The van der Waals surface area contributed by atoms with Gasteiger partial charge in [-0.1, -0.05) is 17.7 Å². The quantitative estimate of drug-likeness (QED) is 0.575. The van der Waals surface area contributed by atoms with E-state index in [2.05, 4.69) is 5.32 Å². The van der Waals surface area contributed by atoms with Gasteiger partial charge in [-0.25, -0.2) is 4.55 Å². The molecule has 0 heterocycles. The van der Waals surface area contributed by atoms with Crippen LogP contribution in [0.25, 0.3) is 0 Å². The number of quaternary nitrogens is 1. The van der Waals surface area contributed by atoms with Crippen LogP contribution in [0, 0.1) is 0 Å². The molecule has 0 saturated heterocycles. The van der Waals surface area contributed by atoms with Crippen LogP contribution >= 0.6 is 11.6 Å². The van der Waals surface area contributed by atoms with Gasteiger partial charge in [0.15, 0.2) is 5.69 Å². The van der Waals surface area contributed by atoms with Gasteiger partial charge in [-0.05, 0) is 30.3 Å². The van der Waals surface area contributed by atoms with Crippen LogP contribution in [-0.2, 0) is 16.5 Å². The lowest BCUT2D eigenvalue weighted by Crippen LogP contribution is -2.47. The van der Waals surface area contributed by atoms with Crippen molar-refractivity contribution in [1.82, 2.24) is 3.89 Å². The van der Waals surface area contributed by atoms with E-state index >= 15 is 0 Å². The largest absolute Gasteiger partial charge is 0.437 e. The first kappa shape index (κ1) is 21.2. The highest BCUT2D eigenvalue weighted by Crippen LogP contribution is 2.32. The van der Waals surface area contributed by atoms with Crippen molar-refractivity contribution < 1.29 is 30.9 Å². The van der Waals surface area contributed by atoms with E-state index in [1.807, 2.05) is 0 Å². The molecule has 2 aromatic rings. The number of hydrogen-bond donors (Lipinski definition) is 2. The second-order valence-electron chi connectivity index (χ2n) is 5.99. The van der Waals surface area contributed by atoms with Crippen molar-refractivity contribution in [2.24, 2.45) is 0 Å². The number of rotatable bonds is 4. The van der Waals surface area contributed by atoms with E-state index in [-0.39, 0.29) is 22.0 Å². The number of nitrogens with one attached hydrogen (secondary N) is 1. The molecule has 146 valence electrons. The first-order valence-corrected chi connectivity index (χ1v) is 9.11. The van der Waals surface area contributed by atoms with Gasteiger partial charge in [0.25, 0.3) is 5.91 Å². The molecule has 2 aromatic carbocycles. The Morgan fingerprint density at radius 1 is 1.15 bits per heavy atom. The van der Waals surface area contributed by atoms with E-state index in [9.17, 15) is 30.9 Å². The Morgan fingerprint density at radius 2 is 1.78 bits per heavy atom. The first-order chi connectivity index (χ1) is 12.2. The lowest BCUT2D eigenvalue weighted by molar-refractivity contribution is -0.137. The third-order valence-corrected chi connectivity index (χ3v) is 5.39. The summed E-state index contributed by atoms with van der Waals surface area (Å²) in [5.74, 6) is -0.887. The first-order valence-electron chi connectivity index (χ1n) is 7.34. The molecular weight excluding hydrogens is 409 g/mol. The molecule has 1 amide bonds. The molecule has 0 unspecified atom stereocenters. The van der Waals surface area contributed by atoms with Gasteiger partial charge in [0, 0.05) is 16.8 Å². The second kappa shape index (κ2) is 7.12. The molecule has 0 aliphatic carbocycles. The molecule has 2 rings (SSSR count). The molecule has 6 nitrogen and oxygen atoms in total. The minimum Gasteiger partial charge on any atom is -0.322 e. The number of halogens is 4. The Bertz CT molecular complexity index is 991. The normalized spacial score (nSPS) is 12.7. The third-order valence-electron chi connectivity index (χ3n) is 3.81. The second-order valence-corrected chi connectivity index (χ2v) is 8.24. The fraction of sp³-hybridized carbons (Fsp3) is 0.188. The van der Waals surface area contributed by atoms with Crippen LogP contribution in [0.2, 0.25) is 5.02 Å². The van der Waals surface area contributed by atoms with E-state index in [0.29, 0.717) is 0 Å². The van der Waals surface area contributed by atoms with Crippen LogP contribution < -0.4 is 9.21 Å². The number of carbonyl (C=O) groups excluding carboxylic acids is 1. The Hall–Kier alpha value is -2.14. The molecule has 0 saturated carbocycles. The van der Waals surface area contributed by atoms with E-state index in [1.165, 1.54) is 18.2 Å². The Morgan fingerprint density at radius 3 is 2.33 bits per heavy atom. The highest BCUT2D eigenvalue weighted by molar-refractivity contribution is 7.85. The average molecular weight is 424 g/mol. The predicted molar refractivity (Wildman–Crippen MR) is 96.0 cm³/mol. The SMILES string of the molecule is C[N+](C)(c1ccc(Cl)cc1C(=O)Nc1cccc(C(F)(F)F)c1)S(=O)(=O)O. The number of nitrogens with zero attached hydrogens (tertiary/aromatic N) is 1. The summed E-state index contributed by atoms with van der Waals surface area (Å²) in [6, 6.07) is 7.67. The van der Waals surface area contributed by atoms with Crippen molar-refractivity contribution in [2.45, 2.75) is 6.18 Å². The Balaban J connectivity index is 2.48. The molecule has 0 atom stereocenters. The summed E-state index contributed by atoms with van der Waals surface area (Å²) >= 11 is 5.87. The van der Waals surface area contributed by atoms with E-state index < -0.39 is 31.8 Å². The zero-order chi connectivity index (χ0) is 20.6. The van der Waals surface area contributed by atoms with Gasteiger partial charge in [0.2, 0.25) is 0 Å². The maximum absolute atomic E-state index is 12.8. The van der Waals surface area contributed by atoms with Crippen LogP contribution in [-0.4, -0.2) is 33.0 Å². The molecular formula is C16H15ClF3N2O4S+. The Kier molecular flexibility index (Phi) is 5.58. The topological polar surface area (TPSA) is 83.5 Å². The van der Waals surface area contributed by atoms with Gasteiger partial charge in [-0.15, -0.1) is 8.42 Å². The van der Waals surface area contributed by atoms with Gasteiger partial charge in [0.1, 0.15) is 5.56 Å². The molecule has 27 heavy (non-hydrogen) atoms. The molecule has 0 fully saturated rings. The lowest BCUT2D eigenvalue weighted by Gasteiger charge is -2.26. The minimum atomic E-state index is -4.66. The van der Waals surface area contributed by atoms with Crippen molar-refractivity contribution in [2.75, 3.05) is 19.4 Å². The summed E-state index contributed by atoms with van der Waals surface area (Å²) in [6.07, 6.45) is -4.59. The third kappa shape index (κ3) is 4.59. The van der Waals surface area contributed by atoms with Crippen LogP contribution in [0.15, 0.2) is 42.5 Å². The zero-order valence-corrected chi connectivity index (χ0v) is 15.7. The maximum Gasteiger partial charge on any atom is 0.437 e. The molecule has 2 N–H and O–H groups in total. The molecule has 0 aromatic heterocycles. The molecule has 0 radical (unpaired) electrons. The van der Waals surface area contributed by atoms with Gasteiger partial charge >= 0.3 is 16.5 Å². The smallest absolute Gasteiger partial charge is 0.322 e. The van der Waals surface area contributed by atoms with Crippen LogP contribution in [0.5, 0.6) is 0 Å². The number of amides is 1. The lowest BCUT2D eigenvalue weighted by atomic mass is 10.1. The van der Waals surface area contributed by atoms with Crippen molar-refractivity contribution in [3.8, 4) is 0 Å². The predicted octanol–water partition coefficient (Wildman–Crippen LogP) is 3.98. The van der Waals surface area contributed by atoms with E-state index in [4.69, 9.17) is 11.6 Å². The summed E-state index contributed by atoms with van der Waals surface area (Å²) in [5.41, 5.74) is -1.44. The summed E-state index contributed by atoms with van der Waals surface area (Å²) in [7, 11) is -2.41. The van der Waals surface area contributed by atoms with Gasteiger partial charge in [-0.3, -0.25) is 4.79 Å².